The fraction of sp³-hybridized carbons (Fsp3) is 0.632. The Morgan fingerprint density at radius 2 is 1.80 bits per heavy atom. The van der Waals surface area contributed by atoms with Crippen LogP contribution in [-0.2, 0) is 11.2 Å². The van der Waals surface area contributed by atoms with Crippen LogP contribution in [0.2, 0.25) is 0 Å². The lowest BCUT2D eigenvalue weighted by molar-refractivity contribution is -0.123. The van der Waals surface area contributed by atoms with Crippen molar-refractivity contribution in [3.63, 3.8) is 0 Å². The Kier molecular flexibility index (Phi) is 5.82. The van der Waals surface area contributed by atoms with E-state index in [2.05, 4.69) is 38.1 Å². The van der Waals surface area contributed by atoms with E-state index in [1.807, 2.05) is 0 Å². The molecule has 110 valence electrons. The summed E-state index contributed by atoms with van der Waals surface area (Å²) in [7, 11) is 0. The van der Waals surface area contributed by atoms with Crippen molar-refractivity contribution in [2.24, 2.45) is 5.92 Å². The van der Waals surface area contributed by atoms with E-state index in [9.17, 15) is 4.79 Å². The molecule has 0 radical (unpaired) electrons. The molecule has 1 fully saturated rings. The van der Waals surface area contributed by atoms with Gasteiger partial charge in [-0.3, -0.25) is 4.79 Å². The Hall–Kier alpha value is -1.11. The maximum Gasteiger partial charge on any atom is 0.140 e. The molecular weight excluding hydrogens is 244 g/mol. The number of hydrogen-bond donors (Lipinski definition) is 0. The maximum atomic E-state index is 12.3. The van der Waals surface area contributed by atoms with Gasteiger partial charge in [0, 0.05) is 12.3 Å². The zero-order chi connectivity index (χ0) is 14.4. The van der Waals surface area contributed by atoms with Crippen LogP contribution in [0.25, 0.3) is 0 Å². The lowest BCUT2D eigenvalue weighted by Crippen LogP contribution is -2.23. The van der Waals surface area contributed by atoms with Crippen molar-refractivity contribution in [3.05, 3.63) is 35.4 Å². The smallest absolute Gasteiger partial charge is 0.140 e. The first kappa shape index (κ1) is 15.3. The number of rotatable bonds is 6. The van der Waals surface area contributed by atoms with Gasteiger partial charge in [0.15, 0.2) is 0 Å². The van der Waals surface area contributed by atoms with E-state index in [0.29, 0.717) is 11.7 Å². The number of carbonyl (C=O) groups excluding carboxylic acids is 1. The van der Waals surface area contributed by atoms with E-state index < -0.39 is 0 Å². The van der Waals surface area contributed by atoms with Crippen molar-refractivity contribution in [1.82, 2.24) is 0 Å². The molecule has 1 saturated carbocycles. The second-order valence-corrected chi connectivity index (χ2v) is 6.30. The minimum absolute atomic E-state index is 0.170. The maximum absolute atomic E-state index is 12.3. The van der Waals surface area contributed by atoms with Gasteiger partial charge in [-0.1, -0.05) is 57.4 Å². The molecule has 1 heteroatoms. The van der Waals surface area contributed by atoms with Gasteiger partial charge in [0.05, 0.1) is 0 Å². The molecule has 0 amide bonds. The fourth-order valence-corrected chi connectivity index (χ4v) is 3.40. The molecule has 1 nitrogen and oxygen atoms in total. The molecule has 2 atom stereocenters. The first-order valence-corrected chi connectivity index (χ1v) is 8.36. The predicted molar refractivity (Wildman–Crippen MR) is 85.1 cm³/mol. The number of Topliss-reactive ketones (excluding diaryl/α,β-unsaturated/α-hetero) is 1. The standard InChI is InChI=1S/C19H28O/c1-3-5-7-15-8-11-17(12-9-15)18-13-10-16(6-4-2)14-19(18)20/h8-9,11-12,16,18H,3-7,10,13-14H2,1-2H3/t16-,18+/m1/s1. The minimum atomic E-state index is 0.170. The van der Waals surface area contributed by atoms with Crippen LogP contribution < -0.4 is 0 Å². The Balaban J connectivity index is 1.96. The van der Waals surface area contributed by atoms with Gasteiger partial charge >= 0.3 is 0 Å². The van der Waals surface area contributed by atoms with Gasteiger partial charge in [-0.05, 0) is 42.7 Å². The van der Waals surface area contributed by atoms with Crippen LogP contribution in [0.3, 0.4) is 0 Å². The molecule has 1 aromatic carbocycles. The topological polar surface area (TPSA) is 17.1 Å². The van der Waals surface area contributed by atoms with Crippen molar-refractivity contribution in [3.8, 4) is 0 Å². The van der Waals surface area contributed by atoms with Crippen molar-refractivity contribution in [1.29, 1.82) is 0 Å². The van der Waals surface area contributed by atoms with Crippen molar-refractivity contribution in [2.45, 2.75) is 71.1 Å². The Bertz CT molecular complexity index is 418. The fourth-order valence-electron chi connectivity index (χ4n) is 3.40. The lowest BCUT2D eigenvalue weighted by atomic mass is 9.76. The quantitative estimate of drug-likeness (QED) is 0.688. The van der Waals surface area contributed by atoms with Gasteiger partial charge in [-0.25, -0.2) is 0 Å². The van der Waals surface area contributed by atoms with Gasteiger partial charge in [0.2, 0.25) is 0 Å². The predicted octanol–water partition coefficient (Wildman–Crippen LogP) is 5.28. The van der Waals surface area contributed by atoms with Gasteiger partial charge in [-0.2, -0.15) is 0 Å². The number of carbonyl (C=O) groups is 1. The average molecular weight is 272 g/mol. The Morgan fingerprint density at radius 3 is 2.40 bits per heavy atom. The highest BCUT2D eigenvalue weighted by molar-refractivity contribution is 5.86. The molecule has 0 spiro atoms. The summed E-state index contributed by atoms with van der Waals surface area (Å²) < 4.78 is 0. The molecule has 0 heterocycles. The molecule has 1 aromatic rings. The van der Waals surface area contributed by atoms with Gasteiger partial charge < -0.3 is 0 Å². The molecule has 0 unspecified atom stereocenters. The summed E-state index contributed by atoms with van der Waals surface area (Å²) in [6.45, 7) is 4.44. The SMILES string of the molecule is CCCCc1ccc([C@@H]2CC[C@@H](CCC)CC2=O)cc1. The molecule has 1 aliphatic rings. The summed E-state index contributed by atoms with van der Waals surface area (Å²) in [5.41, 5.74) is 2.65. The van der Waals surface area contributed by atoms with E-state index >= 15 is 0 Å². The minimum Gasteiger partial charge on any atom is -0.299 e. The molecule has 1 aliphatic carbocycles. The van der Waals surface area contributed by atoms with Crippen LogP contribution in [0.15, 0.2) is 24.3 Å². The molecule has 0 aliphatic heterocycles. The van der Waals surface area contributed by atoms with Crippen LogP contribution in [-0.4, -0.2) is 5.78 Å². The van der Waals surface area contributed by atoms with E-state index in [0.717, 1.165) is 19.3 Å². The van der Waals surface area contributed by atoms with Crippen molar-refractivity contribution in [2.75, 3.05) is 0 Å². The summed E-state index contributed by atoms with van der Waals surface area (Å²) in [4.78, 5) is 12.3. The number of benzene rings is 1. The molecule has 2 rings (SSSR count). The van der Waals surface area contributed by atoms with Gasteiger partial charge in [0.1, 0.15) is 5.78 Å². The van der Waals surface area contributed by atoms with Crippen LogP contribution in [0.4, 0.5) is 0 Å². The van der Waals surface area contributed by atoms with E-state index in [1.165, 1.54) is 43.2 Å². The second-order valence-electron chi connectivity index (χ2n) is 6.30. The second kappa shape index (κ2) is 7.61. The van der Waals surface area contributed by atoms with E-state index in [-0.39, 0.29) is 5.92 Å². The van der Waals surface area contributed by atoms with Crippen LogP contribution in [0.5, 0.6) is 0 Å². The zero-order valence-corrected chi connectivity index (χ0v) is 13.0. The molecule has 0 bridgehead atoms. The van der Waals surface area contributed by atoms with Crippen molar-refractivity contribution >= 4 is 5.78 Å². The van der Waals surface area contributed by atoms with Gasteiger partial charge in [-0.15, -0.1) is 0 Å². The van der Waals surface area contributed by atoms with E-state index in [1.54, 1.807) is 0 Å². The third-order valence-electron chi connectivity index (χ3n) is 4.64. The van der Waals surface area contributed by atoms with Crippen molar-refractivity contribution < 1.29 is 4.79 Å². The van der Waals surface area contributed by atoms with Crippen LogP contribution in [0.1, 0.15) is 75.8 Å². The normalized spacial score (nSPS) is 23.0. The third kappa shape index (κ3) is 3.94. The van der Waals surface area contributed by atoms with Crippen LogP contribution in [0, 0.1) is 5.92 Å². The van der Waals surface area contributed by atoms with Crippen LogP contribution >= 0.6 is 0 Å². The Labute approximate surface area is 123 Å². The summed E-state index contributed by atoms with van der Waals surface area (Å²) in [6, 6.07) is 8.81. The Morgan fingerprint density at radius 1 is 1.05 bits per heavy atom. The highest BCUT2D eigenvalue weighted by atomic mass is 16.1. The summed E-state index contributed by atoms with van der Waals surface area (Å²) in [5, 5.41) is 0. The largest absolute Gasteiger partial charge is 0.299 e. The number of ketones is 1. The first-order chi connectivity index (χ1) is 9.74. The lowest BCUT2D eigenvalue weighted by Gasteiger charge is -2.27. The summed E-state index contributed by atoms with van der Waals surface area (Å²) in [6.07, 6.45) is 9.15. The number of unbranched alkanes of at least 4 members (excludes halogenated alkanes) is 1. The number of aryl methyl sites for hydroxylation is 1. The third-order valence-corrected chi connectivity index (χ3v) is 4.64. The molecule has 0 aromatic heterocycles. The monoisotopic (exact) mass is 272 g/mol. The number of hydrogen-bond acceptors (Lipinski definition) is 1. The van der Waals surface area contributed by atoms with Gasteiger partial charge in [0.25, 0.3) is 0 Å². The zero-order valence-electron chi connectivity index (χ0n) is 13.0. The summed E-state index contributed by atoms with van der Waals surface area (Å²) >= 11 is 0. The highest BCUT2D eigenvalue weighted by Crippen LogP contribution is 2.35. The first-order valence-electron chi connectivity index (χ1n) is 8.36. The summed E-state index contributed by atoms with van der Waals surface area (Å²) in [5.74, 6) is 1.28. The highest BCUT2D eigenvalue weighted by Gasteiger charge is 2.28. The molecule has 0 N–H and O–H groups in total. The molecule has 20 heavy (non-hydrogen) atoms. The molecular formula is C19H28O. The molecule has 0 saturated heterocycles. The average Bonchev–Trinajstić information content (AvgIpc) is 2.46. The van der Waals surface area contributed by atoms with E-state index in [4.69, 9.17) is 0 Å².